The van der Waals surface area contributed by atoms with Crippen molar-refractivity contribution >= 4 is 26.7 Å². The molecular weight excluding hydrogens is 358 g/mol. The summed E-state index contributed by atoms with van der Waals surface area (Å²) in [6.45, 7) is 3.32. The molecule has 0 aliphatic carbocycles. The van der Waals surface area contributed by atoms with Crippen LogP contribution in [-0.2, 0) is 10.2 Å². The van der Waals surface area contributed by atoms with Crippen LogP contribution < -0.4 is 9.62 Å². The first-order chi connectivity index (χ1) is 11.9. The molecule has 2 aromatic rings. The maximum absolute atomic E-state index is 12.4. The zero-order valence-electron chi connectivity index (χ0n) is 14.6. The van der Waals surface area contributed by atoms with E-state index in [0.29, 0.717) is 6.54 Å². The topological polar surface area (TPSA) is 78.4 Å². The standard InChI is InChI=1S/C16H23N5O2S2/c1-12-17-18-16(24-12)21-10-9-14(13-7-5-4-6-8-13)15(11-21)19-25(22,23)20(2)3/h4-8,14-15,19H,9-11H2,1-3H3/t14-,15-/m0/s1. The van der Waals surface area contributed by atoms with Gasteiger partial charge in [0, 0.05) is 39.1 Å². The van der Waals surface area contributed by atoms with Gasteiger partial charge in [-0.2, -0.15) is 17.4 Å². The number of hydrogen-bond acceptors (Lipinski definition) is 6. The molecule has 0 saturated carbocycles. The Hall–Kier alpha value is -1.55. The van der Waals surface area contributed by atoms with Crippen LogP contribution in [0.25, 0.3) is 0 Å². The highest BCUT2D eigenvalue weighted by Gasteiger charge is 2.34. The molecule has 1 fully saturated rings. The molecular formula is C16H23N5O2S2. The summed E-state index contributed by atoms with van der Waals surface area (Å²) in [5.74, 6) is 0.126. The molecule has 3 rings (SSSR count). The summed E-state index contributed by atoms with van der Waals surface area (Å²) in [6.07, 6.45) is 0.850. The fraction of sp³-hybridized carbons (Fsp3) is 0.500. The van der Waals surface area contributed by atoms with E-state index in [1.165, 1.54) is 29.7 Å². The molecule has 1 aliphatic rings. The first-order valence-corrected chi connectivity index (χ1v) is 10.4. The maximum Gasteiger partial charge on any atom is 0.279 e. The van der Waals surface area contributed by atoms with Gasteiger partial charge < -0.3 is 4.90 Å². The summed E-state index contributed by atoms with van der Waals surface area (Å²) in [6, 6.07) is 9.86. The minimum atomic E-state index is -3.52. The number of nitrogens with one attached hydrogen (secondary N) is 1. The number of aryl methyl sites for hydroxylation is 1. The Kier molecular flexibility index (Phi) is 5.38. The van der Waals surface area contributed by atoms with Crippen LogP contribution in [-0.4, -0.2) is 56.1 Å². The Morgan fingerprint density at radius 1 is 1.24 bits per heavy atom. The van der Waals surface area contributed by atoms with Gasteiger partial charge in [-0.05, 0) is 18.9 Å². The Balaban J connectivity index is 1.86. The van der Waals surface area contributed by atoms with E-state index in [-0.39, 0.29) is 12.0 Å². The lowest BCUT2D eigenvalue weighted by molar-refractivity contribution is 0.398. The van der Waals surface area contributed by atoms with Crippen molar-refractivity contribution in [2.45, 2.75) is 25.3 Å². The molecule has 2 atom stereocenters. The van der Waals surface area contributed by atoms with E-state index in [9.17, 15) is 8.42 Å². The maximum atomic E-state index is 12.4. The van der Waals surface area contributed by atoms with Crippen LogP contribution in [0.2, 0.25) is 0 Å². The van der Waals surface area contributed by atoms with Crippen molar-refractivity contribution < 1.29 is 8.42 Å². The Labute approximate surface area is 152 Å². The normalized spacial score (nSPS) is 21.7. The van der Waals surface area contributed by atoms with Gasteiger partial charge in [-0.1, -0.05) is 41.7 Å². The van der Waals surface area contributed by atoms with Crippen molar-refractivity contribution in [3.8, 4) is 0 Å². The summed E-state index contributed by atoms with van der Waals surface area (Å²) >= 11 is 1.53. The third-order valence-corrected chi connectivity index (χ3v) is 6.87. The van der Waals surface area contributed by atoms with Gasteiger partial charge in [-0.15, -0.1) is 10.2 Å². The monoisotopic (exact) mass is 381 g/mol. The van der Waals surface area contributed by atoms with Crippen LogP contribution in [0.15, 0.2) is 30.3 Å². The van der Waals surface area contributed by atoms with E-state index < -0.39 is 10.2 Å². The van der Waals surface area contributed by atoms with Gasteiger partial charge >= 0.3 is 0 Å². The summed E-state index contributed by atoms with van der Waals surface area (Å²) in [5, 5.41) is 10.0. The third kappa shape index (κ3) is 4.17. The molecule has 2 heterocycles. The van der Waals surface area contributed by atoms with Crippen molar-refractivity contribution in [3.05, 3.63) is 40.9 Å². The van der Waals surface area contributed by atoms with Crippen molar-refractivity contribution in [2.24, 2.45) is 0 Å². The van der Waals surface area contributed by atoms with E-state index in [2.05, 4.69) is 32.0 Å². The number of rotatable bonds is 5. The molecule has 7 nitrogen and oxygen atoms in total. The zero-order valence-corrected chi connectivity index (χ0v) is 16.2. The molecule has 136 valence electrons. The molecule has 1 aromatic carbocycles. The second-order valence-corrected chi connectivity index (χ2v) is 9.44. The number of hydrogen-bond donors (Lipinski definition) is 1. The number of anilines is 1. The number of piperidine rings is 1. The van der Waals surface area contributed by atoms with Crippen LogP contribution in [0.4, 0.5) is 5.13 Å². The molecule has 1 aromatic heterocycles. The molecule has 0 spiro atoms. The summed E-state index contributed by atoms with van der Waals surface area (Å²) in [4.78, 5) is 2.12. The van der Waals surface area contributed by atoms with Crippen molar-refractivity contribution in [3.63, 3.8) is 0 Å². The highest BCUT2D eigenvalue weighted by atomic mass is 32.2. The lowest BCUT2D eigenvalue weighted by Crippen LogP contribution is -2.53. The smallest absolute Gasteiger partial charge is 0.279 e. The van der Waals surface area contributed by atoms with Crippen LogP contribution in [0, 0.1) is 6.92 Å². The largest absolute Gasteiger partial charge is 0.345 e. The van der Waals surface area contributed by atoms with Crippen LogP contribution >= 0.6 is 11.3 Å². The Bertz CT molecular complexity index is 807. The van der Waals surface area contributed by atoms with Gasteiger partial charge in [0.15, 0.2) is 0 Å². The van der Waals surface area contributed by atoms with Crippen molar-refractivity contribution in [1.29, 1.82) is 0 Å². The van der Waals surface area contributed by atoms with Crippen LogP contribution in [0.5, 0.6) is 0 Å². The second-order valence-electron chi connectivity index (χ2n) is 6.37. The van der Waals surface area contributed by atoms with Gasteiger partial charge in [0.1, 0.15) is 5.01 Å². The predicted molar refractivity (Wildman–Crippen MR) is 100 cm³/mol. The quantitative estimate of drug-likeness (QED) is 0.851. The van der Waals surface area contributed by atoms with Crippen molar-refractivity contribution in [1.82, 2.24) is 19.2 Å². The third-order valence-electron chi connectivity index (χ3n) is 4.41. The molecule has 9 heteroatoms. The molecule has 0 bridgehead atoms. The molecule has 25 heavy (non-hydrogen) atoms. The van der Waals surface area contributed by atoms with E-state index in [4.69, 9.17) is 0 Å². The zero-order chi connectivity index (χ0) is 18.0. The second kappa shape index (κ2) is 7.36. The molecule has 0 radical (unpaired) electrons. The molecule has 1 N–H and O–H groups in total. The average molecular weight is 382 g/mol. The lowest BCUT2D eigenvalue weighted by atomic mass is 9.86. The molecule has 0 amide bonds. The average Bonchev–Trinajstić information content (AvgIpc) is 3.01. The number of benzene rings is 1. The SMILES string of the molecule is Cc1nnc(N2CC[C@@H](c3ccccc3)[C@@H](NS(=O)(=O)N(C)C)C2)s1. The van der Waals surface area contributed by atoms with Gasteiger partial charge in [0.05, 0.1) is 0 Å². The van der Waals surface area contributed by atoms with E-state index in [1.54, 1.807) is 0 Å². The first-order valence-electron chi connectivity index (χ1n) is 8.16. The van der Waals surface area contributed by atoms with E-state index in [0.717, 1.165) is 28.7 Å². The van der Waals surface area contributed by atoms with Gasteiger partial charge in [0.2, 0.25) is 5.13 Å². The van der Waals surface area contributed by atoms with Gasteiger partial charge in [-0.25, -0.2) is 0 Å². The first kappa shape index (κ1) is 18.2. The molecule has 1 aliphatic heterocycles. The molecule has 0 unspecified atom stereocenters. The number of aromatic nitrogens is 2. The summed E-state index contributed by atoms with van der Waals surface area (Å²) < 4.78 is 28.9. The minimum Gasteiger partial charge on any atom is -0.345 e. The van der Waals surface area contributed by atoms with E-state index >= 15 is 0 Å². The summed E-state index contributed by atoms with van der Waals surface area (Å²) in [7, 11) is -0.443. The van der Waals surface area contributed by atoms with Crippen LogP contribution in [0.1, 0.15) is 22.9 Å². The van der Waals surface area contributed by atoms with Crippen LogP contribution in [0.3, 0.4) is 0 Å². The summed E-state index contributed by atoms with van der Waals surface area (Å²) in [5.41, 5.74) is 1.15. The number of nitrogens with zero attached hydrogens (tertiary/aromatic N) is 4. The highest BCUT2D eigenvalue weighted by Crippen LogP contribution is 2.32. The van der Waals surface area contributed by atoms with E-state index in [1.807, 2.05) is 25.1 Å². The van der Waals surface area contributed by atoms with Crippen molar-refractivity contribution in [2.75, 3.05) is 32.1 Å². The minimum absolute atomic E-state index is 0.126. The van der Waals surface area contributed by atoms with Gasteiger partial charge in [-0.3, -0.25) is 0 Å². The van der Waals surface area contributed by atoms with Gasteiger partial charge in [0.25, 0.3) is 10.2 Å². The fourth-order valence-electron chi connectivity index (χ4n) is 3.06. The Morgan fingerprint density at radius 3 is 2.56 bits per heavy atom. The lowest BCUT2D eigenvalue weighted by Gasteiger charge is -2.39. The predicted octanol–water partition coefficient (Wildman–Crippen LogP) is 1.61. The highest BCUT2D eigenvalue weighted by molar-refractivity contribution is 7.87. The molecule has 1 saturated heterocycles. The fourth-order valence-corrected chi connectivity index (χ4v) is 4.61. The Morgan fingerprint density at radius 2 is 1.96 bits per heavy atom.